The van der Waals surface area contributed by atoms with Crippen molar-refractivity contribution in [2.45, 2.75) is 0 Å². The maximum Gasteiger partial charge on any atom is 0.336 e. The van der Waals surface area contributed by atoms with E-state index in [-0.39, 0.29) is 22.3 Å². The quantitative estimate of drug-likeness (QED) is 0.158. The third-order valence-electron chi connectivity index (χ3n) is 4.17. The molecule has 0 unspecified atom stereocenters. The first-order valence-electron chi connectivity index (χ1n) is 8.76. The molecule has 0 bridgehead atoms. The van der Waals surface area contributed by atoms with Gasteiger partial charge in [0.15, 0.2) is 16.9 Å². The summed E-state index contributed by atoms with van der Waals surface area (Å²) in [4.78, 5) is 34.8. The Balaban J connectivity index is 1.54. The fourth-order valence-corrected chi connectivity index (χ4v) is 2.80. The van der Waals surface area contributed by atoms with E-state index in [1.54, 1.807) is 18.2 Å². The molecule has 0 saturated carbocycles. The van der Waals surface area contributed by atoms with Crippen LogP contribution >= 0.6 is 0 Å². The largest absolute Gasteiger partial charge is 0.461 e. The predicted molar refractivity (Wildman–Crippen MR) is 108 cm³/mol. The SMILES string of the molecule is O=C(/C=C/c1cccc([N+](=O)[O-])c1)Oc1ccc2oc(-c3ccco3)cc(=O)c2c1. The Morgan fingerprint density at radius 1 is 1.03 bits per heavy atom. The average molecular weight is 403 g/mol. The molecule has 0 fully saturated rings. The second-order valence-corrected chi connectivity index (χ2v) is 6.22. The zero-order valence-corrected chi connectivity index (χ0v) is 15.3. The topological polar surface area (TPSA) is 113 Å². The first-order valence-corrected chi connectivity index (χ1v) is 8.76. The maximum atomic E-state index is 12.4. The van der Waals surface area contributed by atoms with Gasteiger partial charge in [0, 0.05) is 24.3 Å². The molecule has 2 aromatic carbocycles. The van der Waals surface area contributed by atoms with Gasteiger partial charge in [-0.1, -0.05) is 12.1 Å². The van der Waals surface area contributed by atoms with Gasteiger partial charge in [0.25, 0.3) is 5.69 Å². The Bertz CT molecular complexity index is 1330. The number of nitro groups is 1. The van der Waals surface area contributed by atoms with E-state index in [0.717, 1.165) is 6.08 Å². The number of carbonyl (C=O) groups excluding carboxylic acids is 1. The molecule has 4 rings (SSSR count). The zero-order chi connectivity index (χ0) is 21.1. The number of hydrogen-bond acceptors (Lipinski definition) is 7. The molecule has 0 N–H and O–H groups in total. The summed E-state index contributed by atoms with van der Waals surface area (Å²) in [5.41, 5.74) is 0.403. The molecule has 0 spiro atoms. The normalized spacial score (nSPS) is 11.1. The smallest absolute Gasteiger partial charge is 0.336 e. The number of fused-ring (bicyclic) bond motifs is 1. The number of nitrogens with zero attached hydrogens (tertiary/aromatic N) is 1. The molecule has 8 nitrogen and oxygen atoms in total. The van der Waals surface area contributed by atoms with Crippen LogP contribution in [0.1, 0.15) is 5.56 Å². The van der Waals surface area contributed by atoms with Crippen LogP contribution in [0.4, 0.5) is 5.69 Å². The van der Waals surface area contributed by atoms with Crippen molar-refractivity contribution in [1.29, 1.82) is 0 Å². The monoisotopic (exact) mass is 403 g/mol. The lowest BCUT2D eigenvalue weighted by Gasteiger charge is -2.04. The van der Waals surface area contributed by atoms with E-state index >= 15 is 0 Å². The van der Waals surface area contributed by atoms with Crippen molar-refractivity contribution in [3.63, 3.8) is 0 Å². The van der Waals surface area contributed by atoms with Gasteiger partial charge in [-0.2, -0.15) is 0 Å². The Hall–Kier alpha value is -4.46. The summed E-state index contributed by atoms with van der Waals surface area (Å²) in [5, 5.41) is 11.1. The van der Waals surface area contributed by atoms with E-state index in [1.807, 2.05) is 0 Å². The Kier molecular flexibility index (Phi) is 4.96. The van der Waals surface area contributed by atoms with E-state index < -0.39 is 10.9 Å². The van der Waals surface area contributed by atoms with Crippen molar-refractivity contribution in [3.05, 3.63) is 98.9 Å². The van der Waals surface area contributed by atoms with Crippen molar-refractivity contribution >= 4 is 28.7 Å². The van der Waals surface area contributed by atoms with E-state index in [0.29, 0.717) is 22.7 Å². The molecular weight excluding hydrogens is 390 g/mol. The summed E-state index contributed by atoms with van der Waals surface area (Å²) in [7, 11) is 0. The predicted octanol–water partition coefficient (Wildman–Crippen LogP) is 4.58. The van der Waals surface area contributed by atoms with Crippen molar-refractivity contribution in [1.82, 2.24) is 0 Å². The number of rotatable bonds is 5. The highest BCUT2D eigenvalue weighted by atomic mass is 16.6. The molecule has 0 atom stereocenters. The fraction of sp³-hybridized carbons (Fsp3) is 0. The summed E-state index contributed by atoms with van der Waals surface area (Å²) in [6.45, 7) is 0. The summed E-state index contributed by atoms with van der Waals surface area (Å²) in [6, 6.07) is 14.9. The van der Waals surface area contributed by atoms with Gasteiger partial charge in [-0.3, -0.25) is 14.9 Å². The van der Waals surface area contributed by atoms with E-state index in [9.17, 15) is 19.7 Å². The van der Waals surface area contributed by atoms with Crippen LogP contribution < -0.4 is 10.2 Å². The number of esters is 1. The Morgan fingerprint density at radius 3 is 2.67 bits per heavy atom. The van der Waals surface area contributed by atoms with Crippen molar-refractivity contribution in [3.8, 4) is 17.3 Å². The molecular formula is C22H13NO7. The van der Waals surface area contributed by atoms with E-state index in [1.165, 1.54) is 54.8 Å². The van der Waals surface area contributed by atoms with Gasteiger partial charge in [-0.05, 0) is 42.0 Å². The molecule has 148 valence electrons. The minimum atomic E-state index is -0.697. The lowest BCUT2D eigenvalue weighted by Crippen LogP contribution is -2.05. The molecule has 4 aromatic rings. The number of nitro benzene ring substituents is 1. The third-order valence-corrected chi connectivity index (χ3v) is 4.17. The second-order valence-electron chi connectivity index (χ2n) is 6.22. The molecule has 2 aromatic heterocycles. The second kappa shape index (κ2) is 7.88. The number of carbonyl (C=O) groups is 1. The van der Waals surface area contributed by atoms with Crippen molar-refractivity contribution in [2.75, 3.05) is 0 Å². The molecule has 0 amide bonds. The van der Waals surface area contributed by atoms with Gasteiger partial charge in [0.2, 0.25) is 0 Å². The van der Waals surface area contributed by atoms with Crippen LogP contribution in [-0.4, -0.2) is 10.9 Å². The molecule has 0 saturated heterocycles. The highest BCUT2D eigenvalue weighted by Gasteiger charge is 2.11. The number of ether oxygens (including phenoxy) is 1. The van der Waals surface area contributed by atoms with Gasteiger partial charge < -0.3 is 13.6 Å². The molecule has 0 aliphatic heterocycles. The minimum absolute atomic E-state index is 0.0827. The van der Waals surface area contributed by atoms with Crippen LogP contribution in [0.15, 0.2) is 86.6 Å². The van der Waals surface area contributed by atoms with E-state index in [2.05, 4.69) is 0 Å². The number of furan rings is 1. The van der Waals surface area contributed by atoms with E-state index in [4.69, 9.17) is 13.6 Å². The molecule has 0 radical (unpaired) electrons. The lowest BCUT2D eigenvalue weighted by atomic mass is 10.2. The molecule has 8 heteroatoms. The zero-order valence-electron chi connectivity index (χ0n) is 15.3. The molecule has 0 aliphatic carbocycles. The van der Waals surface area contributed by atoms with Crippen LogP contribution in [0.5, 0.6) is 5.75 Å². The highest BCUT2D eigenvalue weighted by molar-refractivity contribution is 5.89. The maximum absolute atomic E-state index is 12.4. The van der Waals surface area contributed by atoms with Crippen molar-refractivity contribution < 1.29 is 23.3 Å². The average Bonchev–Trinajstić information content (AvgIpc) is 3.28. The Labute approximate surface area is 168 Å². The number of non-ortho nitro benzene ring substituents is 1. The standard InChI is InChI=1S/C22H13NO7/c24-18-13-21(20-5-2-10-28-20)30-19-8-7-16(12-17(18)19)29-22(25)9-6-14-3-1-4-15(11-14)23(26)27/h1-13H/b9-6+. The summed E-state index contributed by atoms with van der Waals surface area (Å²) in [5.74, 6) is 0.185. The first kappa shape index (κ1) is 18.9. The highest BCUT2D eigenvalue weighted by Crippen LogP contribution is 2.25. The lowest BCUT2D eigenvalue weighted by molar-refractivity contribution is -0.384. The van der Waals surface area contributed by atoms with Gasteiger partial charge in [0.1, 0.15) is 11.3 Å². The first-order chi connectivity index (χ1) is 14.5. The van der Waals surface area contributed by atoms with Crippen LogP contribution in [0.3, 0.4) is 0 Å². The minimum Gasteiger partial charge on any atom is -0.461 e. The summed E-state index contributed by atoms with van der Waals surface area (Å²) >= 11 is 0. The third kappa shape index (κ3) is 4.02. The van der Waals surface area contributed by atoms with Gasteiger partial charge >= 0.3 is 5.97 Å². The number of benzene rings is 2. The molecule has 0 aliphatic rings. The van der Waals surface area contributed by atoms with Crippen LogP contribution in [0, 0.1) is 10.1 Å². The number of hydrogen-bond donors (Lipinski definition) is 0. The summed E-state index contributed by atoms with van der Waals surface area (Å²) < 4.78 is 16.1. The Morgan fingerprint density at radius 2 is 1.90 bits per heavy atom. The van der Waals surface area contributed by atoms with Gasteiger partial charge in [-0.25, -0.2) is 4.79 Å². The molecule has 30 heavy (non-hydrogen) atoms. The van der Waals surface area contributed by atoms with Crippen LogP contribution in [-0.2, 0) is 4.79 Å². The van der Waals surface area contributed by atoms with Crippen molar-refractivity contribution in [2.24, 2.45) is 0 Å². The fourth-order valence-electron chi connectivity index (χ4n) is 2.80. The summed E-state index contributed by atoms with van der Waals surface area (Å²) in [6.07, 6.45) is 4.02. The van der Waals surface area contributed by atoms with Crippen LogP contribution in [0.2, 0.25) is 0 Å². The van der Waals surface area contributed by atoms with Gasteiger partial charge in [-0.15, -0.1) is 0 Å². The molecule has 2 heterocycles. The van der Waals surface area contributed by atoms with Crippen LogP contribution in [0.25, 0.3) is 28.6 Å². The van der Waals surface area contributed by atoms with Gasteiger partial charge in [0.05, 0.1) is 16.6 Å².